The van der Waals surface area contributed by atoms with Crippen LogP contribution in [0.2, 0.25) is 0 Å². The minimum absolute atomic E-state index is 0. The summed E-state index contributed by atoms with van der Waals surface area (Å²) in [5.41, 5.74) is 0. The van der Waals surface area contributed by atoms with Gasteiger partial charge in [0.25, 0.3) is 0 Å². The Morgan fingerprint density at radius 1 is 0.273 bits per heavy atom. The molecule has 0 aliphatic carbocycles. The van der Waals surface area contributed by atoms with E-state index < -0.39 is 0 Å². The molecule has 0 saturated heterocycles. The average molecular weight is 1070 g/mol. The number of rotatable bonds is 0. The van der Waals surface area contributed by atoms with Gasteiger partial charge in [0.1, 0.15) is 0 Å². The topological polar surface area (TPSA) is 0 Å². The Labute approximate surface area is 400 Å². The van der Waals surface area contributed by atoms with Crippen molar-refractivity contribution < 1.29 is 327 Å². The second kappa shape index (κ2) is 253. The zero-order chi connectivity index (χ0) is 8.00. The van der Waals surface area contributed by atoms with Crippen LogP contribution in [0.1, 0.15) is 27.7 Å². The molecule has 10 heteroatoms. The molecule has 0 aromatic heterocycles. The minimum atomic E-state index is 0. The molecular formula is C12H32Y10-5. The smallest absolute Gasteiger partial charge is 0.358 e. The molecule has 0 fully saturated rings. The van der Waals surface area contributed by atoms with Crippen molar-refractivity contribution >= 4 is 0 Å². The molecule has 0 atom stereocenters. The number of hydrogen-bond acceptors (Lipinski definition) is 0. The molecule has 0 heterocycles. The van der Waals surface area contributed by atoms with Gasteiger partial charge in [-0.25, -0.2) is 0 Å². The van der Waals surface area contributed by atoms with Crippen LogP contribution in [0.3, 0.4) is 0 Å². The van der Waals surface area contributed by atoms with Gasteiger partial charge in [-0.1, -0.05) is 0 Å². The van der Waals surface area contributed by atoms with Gasteiger partial charge in [-0.3, -0.25) is 0 Å². The standard InChI is InChI=1S/4C2H5.4CH3.10Y/c4*1-2;;;;;;;;;;;;;;/h4*1H2,2H3;4*1H3;;;;;;;;;;/q8*-1;;;;;;;;;;+3. The summed E-state index contributed by atoms with van der Waals surface area (Å²) >= 11 is 0. The van der Waals surface area contributed by atoms with Crippen molar-refractivity contribution in [1.29, 1.82) is 0 Å². The predicted molar refractivity (Wildman–Crippen MR) is 69.8 cm³/mol. The average Bonchev–Trinajstić information content (AvgIpc) is 2.03. The molecule has 0 rings (SSSR count). The Balaban J connectivity index is -0.000000000500. The van der Waals surface area contributed by atoms with Crippen LogP contribution >= 0.6 is 0 Å². The van der Waals surface area contributed by atoms with Crippen LogP contribution < -0.4 is 0 Å². The van der Waals surface area contributed by atoms with Crippen LogP contribution in [0, 0.1) is 57.4 Å². The summed E-state index contributed by atoms with van der Waals surface area (Å²) < 4.78 is 0. The van der Waals surface area contributed by atoms with E-state index in [9.17, 15) is 0 Å². The van der Waals surface area contributed by atoms with E-state index in [1.54, 1.807) is 27.7 Å². The zero-order valence-corrected chi connectivity index (χ0v) is 45.0. The van der Waals surface area contributed by atoms with Crippen molar-refractivity contribution in [2.45, 2.75) is 27.7 Å². The molecule has 115 valence electrons. The predicted octanol–water partition coefficient (Wildman–Crippen LogP) is 5.14. The van der Waals surface area contributed by atoms with Crippen LogP contribution in [0.4, 0.5) is 0 Å². The van der Waals surface area contributed by atoms with E-state index in [0.717, 1.165) is 0 Å². The maximum atomic E-state index is 3.25. The molecule has 22 heavy (non-hydrogen) atoms. The molecule has 0 N–H and O–H groups in total. The largest absolute Gasteiger partial charge is 3.00 e. The van der Waals surface area contributed by atoms with Gasteiger partial charge in [-0.2, -0.15) is 27.7 Å². The van der Waals surface area contributed by atoms with E-state index >= 15 is 0 Å². The number of hydrogen-bond donors (Lipinski definition) is 0. The summed E-state index contributed by atoms with van der Waals surface area (Å²) in [4.78, 5) is 0. The summed E-state index contributed by atoms with van der Waals surface area (Å²) in [6.07, 6.45) is 0. The normalized spacial score (nSPS) is 1.09. The van der Waals surface area contributed by atoms with Gasteiger partial charge in [-0.05, 0) is 0 Å². The Morgan fingerprint density at radius 2 is 0.273 bits per heavy atom. The molecule has 0 aliphatic rings. The van der Waals surface area contributed by atoms with E-state index in [1.807, 2.05) is 0 Å². The second-order valence-corrected chi connectivity index (χ2v) is 0. The van der Waals surface area contributed by atoms with Crippen molar-refractivity contribution in [3.63, 3.8) is 0 Å². The SMILES string of the molecule is [CH2-]C.[CH2-]C.[CH2-]C.[CH2-]C.[CH3-].[CH3-].[CH3-].[CH3-].[Y+3].[Y].[Y].[Y].[Y].[Y].[Y].[Y].[Y].[Y]. The Morgan fingerprint density at radius 3 is 0.273 bits per heavy atom. The van der Waals surface area contributed by atoms with Gasteiger partial charge in [0, 0.05) is 294 Å². The maximum Gasteiger partial charge on any atom is 3.00 e. The first-order valence-electron chi connectivity index (χ1n) is 2.83. The Bertz CT molecular complexity index is 21.9. The molecule has 9 radical (unpaired) electrons. The van der Waals surface area contributed by atoms with E-state index in [-0.39, 0.29) is 357 Å². The summed E-state index contributed by atoms with van der Waals surface area (Å²) in [5.74, 6) is 0. The van der Waals surface area contributed by atoms with Gasteiger partial charge in [0.2, 0.25) is 0 Å². The quantitative estimate of drug-likeness (QED) is 0.296. The van der Waals surface area contributed by atoms with Gasteiger partial charge in [0.05, 0.1) is 0 Å². The van der Waals surface area contributed by atoms with Gasteiger partial charge < -0.3 is 57.4 Å². The molecule has 0 amide bonds. The summed E-state index contributed by atoms with van der Waals surface area (Å²) in [5, 5.41) is 0. The van der Waals surface area contributed by atoms with Crippen LogP contribution in [-0.4, -0.2) is 0 Å². The van der Waals surface area contributed by atoms with Crippen molar-refractivity contribution in [2.75, 3.05) is 0 Å². The first kappa shape index (κ1) is 150. The molecule has 0 nitrogen and oxygen atoms in total. The molecule has 0 spiro atoms. The third-order valence-corrected chi connectivity index (χ3v) is 0. The van der Waals surface area contributed by atoms with Crippen molar-refractivity contribution in [3.05, 3.63) is 57.4 Å². The second-order valence-electron chi connectivity index (χ2n) is 0. The fraction of sp³-hybridized carbons (Fsp3) is 0.333. The monoisotopic (exact) mass is 1070 g/mol. The fourth-order valence-electron chi connectivity index (χ4n) is 0. The van der Waals surface area contributed by atoms with Crippen molar-refractivity contribution in [1.82, 2.24) is 0 Å². The van der Waals surface area contributed by atoms with E-state index in [4.69, 9.17) is 0 Å². The first-order valence-corrected chi connectivity index (χ1v) is 2.83. The molecule has 0 aliphatic heterocycles. The molecular weight excluding hydrogens is 1030 g/mol. The molecule has 0 aromatic carbocycles. The molecule has 0 saturated carbocycles. The van der Waals surface area contributed by atoms with Crippen LogP contribution in [0.5, 0.6) is 0 Å². The summed E-state index contributed by atoms with van der Waals surface area (Å²) in [6.45, 7) is 20.0. The van der Waals surface area contributed by atoms with Crippen LogP contribution in [-0.2, 0) is 327 Å². The summed E-state index contributed by atoms with van der Waals surface area (Å²) in [7, 11) is 0. The van der Waals surface area contributed by atoms with Gasteiger partial charge >= 0.3 is 32.7 Å². The first-order chi connectivity index (χ1) is 4.00. The third-order valence-electron chi connectivity index (χ3n) is 0. The van der Waals surface area contributed by atoms with Gasteiger partial charge in [0.15, 0.2) is 0 Å². The maximum absolute atomic E-state index is 3.25. The molecule has 0 aromatic rings. The van der Waals surface area contributed by atoms with E-state index in [0.29, 0.717) is 0 Å². The fourth-order valence-corrected chi connectivity index (χ4v) is 0. The van der Waals surface area contributed by atoms with Gasteiger partial charge in [-0.15, -0.1) is 0 Å². The third kappa shape index (κ3) is 230. The zero-order valence-electron chi connectivity index (χ0n) is 16.6. The van der Waals surface area contributed by atoms with Crippen molar-refractivity contribution in [3.8, 4) is 0 Å². The van der Waals surface area contributed by atoms with Crippen molar-refractivity contribution in [2.24, 2.45) is 0 Å². The minimum Gasteiger partial charge on any atom is -0.358 e. The van der Waals surface area contributed by atoms with E-state index in [2.05, 4.69) is 27.7 Å². The molecule has 0 bridgehead atoms. The Hall–Kier alpha value is 11.0. The molecule has 0 unspecified atom stereocenters. The van der Waals surface area contributed by atoms with E-state index in [1.165, 1.54) is 0 Å². The van der Waals surface area contributed by atoms with Crippen LogP contribution in [0.25, 0.3) is 0 Å². The summed E-state index contributed by atoms with van der Waals surface area (Å²) in [6, 6.07) is 0. The Kier molecular flexibility index (Phi) is 1730. The van der Waals surface area contributed by atoms with Crippen LogP contribution in [0.15, 0.2) is 0 Å².